The van der Waals surface area contributed by atoms with Gasteiger partial charge in [0.2, 0.25) is 5.91 Å². The third kappa shape index (κ3) is 2.38. The van der Waals surface area contributed by atoms with Gasteiger partial charge < -0.3 is 16.0 Å². The molecular weight excluding hydrogens is 202 g/mol. The molecule has 0 bridgehead atoms. The van der Waals surface area contributed by atoms with Crippen molar-refractivity contribution < 1.29 is 4.79 Å². The summed E-state index contributed by atoms with van der Waals surface area (Å²) in [5.74, 6) is 0.981. The molecule has 0 aromatic rings. The van der Waals surface area contributed by atoms with Crippen molar-refractivity contribution in [3.05, 3.63) is 0 Å². The van der Waals surface area contributed by atoms with E-state index in [0.29, 0.717) is 24.4 Å². The first kappa shape index (κ1) is 11.9. The molecule has 0 spiro atoms. The van der Waals surface area contributed by atoms with E-state index >= 15 is 0 Å². The number of rotatable bonds is 2. The van der Waals surface area contributed by atoms with Gasteiger partial charge in [0.05, 0.1) is 0 Å². The van der Waals surface area contributed by atoms with E-state index in [0.717, 1.165) is 32.5 Å². The number of piperazine rings is 1. The molecule has 1 amide bonds. The van der Waals surface area contributed by atoms with Gasteiger partial charge in [0.25, 0.3) is 0 Å². The molecule has 0 unspecified atom stereocenters. The molecule has 1 aliphatic carbocycles. The van der Waals surface area contributed by atoms with E-state index in [1.165, 1.54) is 6.42 Å². The van der Waals surface area contributed by atoms with Gasteiger partial charge in [-0.2, -0.15) is 0 Å². The maximum Gasteiger partial charge on any atom is 0.226 e. The SMILES string of the molecule is C[C@@H]1CN(C(=O)[C@@H]2CCC[C@@H]2CN)CCN1. The molecule has 3 N–H and O–H groups in total. The van der Waals surface area contributed by atoms with Gasteiger partial charge in [0, 0.05) is 31.6 Å². The number of amides is 1. The Morgan fingerprint density at radius 2 is 2.31 bits per heavy atom. The lowest BCUT2D eigenvalue weighted by molar-refractivity contribution is -0.137. The lowest BCUT2D eigenvalue weighted by Crippen LogP contribution is -2.53. The highest BCUT2D eigenvalue weighted by molar-refractivity contribution is 5.79. The number of nitrogens with zero attached hydrogens (tertiary/aromatic N) is 1. The lowest BCUT2D eigenvalue weighted by Gasteiger charge is -2.34. The van der Waals surface area contributed by atoms with E-state index in [-0.39, 0.29) is 5.92 Å². The van der Waals surface area contributed by atoms with E-state index in [1.54, 1.807) is 0 Å². The second kappa shape index (κ2) is 5.15. The zero-order chi connectivity index (χ0) is 11.5. The Labute approximate surface area is 97.6 Å². The van der Waals surface area contributed by atoms with Crippen molar-refractivity contribution in [3.63, 3.8) is 0 Å². The molecule has 1 heterocycles. The second-order valence-corrected chi connectivity index (χ2v) is 5.17. The van der Waals surface area contributed by atoms with Crippen LogP contribution in [0.4, 0.5) is 0 Å². The van der Waals surface area contributed by atoms with Gasteiger partial charge in [-0.15, -0.1) is 0 Å². The summed E-state index contributed by atoms with van der Waals surface area (Å²) in [6, 6.07) is 0.426. The highest BCUT2D eigenvalue weighted by atomic mass is 16.2. The molecule has 0 aromatic heterocycles. The molecule has 2 aliphatic rings. The highest BCUT2D eigenvalue weighted by Gasteiger charge is 2.35. The minimum Gasteiger partial charge on any atom is -0.340 e. The maximum atomic E-state index is 12.4. The van der Waals surface area contributed by atoms with Crippen LogP contribution in [0.5, 0.6) is 0 Å². The standard InChI is InChI=1S/C12H23N3O/c1-9-8-15(6-5-14-9)12(16)11-4-2-3-10(11)7-13/h9-11,14H,2-8,13H2,1H3/t9-,10-,11-/m1/s1. The average molecular weight is 225 g/mol. The van der Waals surface area contributed by atoms with Gasteiger partial charge in [0.1, 0.15) is 0 Å². The molecular formula is C12H23N3O. The van der Waals surface area contributed by atoms with Gasteiger partial charge in [-0.25, -0.2) is 0 Å². The predicted octanol–water partition coefficient (Wildman–Crippen LogP) is 0.182. The predicted molar refractivity (Wildman–Crippen MR) is 63.9 cm³/mol. The van der Waals surface area contributed by atoms with E-state index < -0.39 is 0 Å². The average Bonchev–Trinajstić information content (AvgIpc) is 2.76. The van der Waals surface area contributed by atoms with Gasteiger partial charge >= 0.3 is 0 Å². The van der Waals surface area contributed by atoms with Crippen LogP contribution in [-0.4, -0.2) is 43.0 Å². The highest BCUT2D eigenvalue weighted by Crippen LogP contribution is 2.32. The third-order valence-corrected chi connectivity index (χ3v) is 3.96. The Morgan fingerprint density at radius 3 is 3.00 bits per heavy atom. The smallest absolute Gasteiger partial charge is 0.226 e. The van der Waals surface area contributed by atoms with E-state index in [2.05, 4.69) is 12.2 Å². The van der Waals surface area contributed by atoms with E-state index in [9.17, 15) is 4.79 Å². The first-order chi connectivity index (χ1) is 7.72. The quantitative estimate of drug-likeness (QED) is 0.705. The summed E-state index contributed by atoms with van der Waals surface area (Å²) in [4.78, 5) is 14.4. The molecule has 92 valence electrons. The molecule has 2 rings (SSSR count). The van der Waals surface area contributed by atoms with Crippen LogP contribution in [-0.2, 0) is 4.79 Å². The van der Waals surface area contributed by atoms with Gasteiger partial charge in [-0.1, -0.05) is 6.42 Å². The molecule has 4 nitrogen and oxygen atoms in total. The minimum absolute atomic E-state index is 0.204. The maximum absolute atomic E-state index is 12.4. The van der Waals surface area contributed by atoms with E-state index in [4.69, 9.17) is 5.73 Å². The summed E-state index contributed by atoms with van der Waals surface area (Å²) in [7, 11) is 0. The molecule has 16 heavy (non-hydrogen) atoms. The van der Waals surface area contributed by atoms with Crippen molar-refractivity contribution >= 4 is 5.91 Å². The number of nitrogens with one attached hydrogen (secondary N) is 1. The first-order valence-corrected chi connectivity index (χ1v) is 6.44. The fraction of sp³-hybridized carbons (Fsp3) is 0.917. The fourth-order valence-corrected chi connectivity index (χ4v) is 3.01. The number of nitrogens with two attached hydrogens (primary N) is 1. The van der Waals surface area contributed by atoms with Crippen LogP contribution in [0.25, 0.3) is 0 Å². The number of hydrogen-bond donors (Lipinski definition) is 2. The van der Waals surface area contributed by atoms with E-state index in [1.807, 2.05) is 4.90 Å². The molecule has 1 aliphatic heterocycles. The lowest BCUT2D eigenvalue weighted by atomic mass is 9.94. The second-order valence-electron chi connectivity index (χ2n) is 5.17. The summed E-state index contributed by atoms with van der Waals surface area (Å²) in [5.41, 5.74) is 5.74. The minimum atomic E-state index is 0.204. The van der Waals surface area contributed by atoms with Crippen LogP contribution in [0.1, 0.15) is 26.2 Å². The zero-order valence-corrected chi connectivity index (χ0v) is 10.1. The van der Waals surface area contributed by atoms with Crippen LogP contribution >= 0.6 is 0 Å². The normalized spacial score (nSPS) is 35.4. The van der Waals surface area contributed by atoms with Crippen molar-refractivity contribution in [2.45, 2.75) is 32.2 Å². The first-order valence-electron chi connectivity index (χ1n) is 6.44. The largest absolute Gasteiger partial charge is 0.340 e. The summed E-state index contributed by atoms with van der Waals surface area (Å²) in [6.07, 6.45) is 3.34. The molecule has 0 aromatic carbocycles. The van der Waals surface area contributed by atoms with Crippen molar-refractivity contribution in [1.82, 2.24) is 10.2 Å². The van der Waals surface area contributed by atoms with Crippen molar-refractivity contribution in [1.29, 1.82) is 0 Å². The van der Waals surface area contributed by atoms with Crippen molar-refractivity contribution in [2.24, 2.45) is 17.6 Å². The van der Waals surface area contributed by atoms with Crippen LogP contribution in [0, 0.1) is 11.8 Å². The molecule has 3 atom stereocenters. The number of hydrogen-bond acceptors (Lipinski definition) is 3. The Bertz CT molecular complexity index is 257. The molecule has 0 radical (unpaired) electrons. The van der Waals surface area contributed by atoms with Crippen LogP contribution in [0.3, 0.4) is 0 Å². The zero-order valence-electron chi connectivity index (χ0n) is 10.1. The summed E-state index contributed by atoms with van der Waals surface area (Å²) in [5, 5.41) is 3.36. The monoisotopic (exact) mass is 225 g/mol. The van der Waals surface area contributed by atoms with Gasteiger partial charge in [0.15, 0.2) is 0 Å². The molecule has 2 fully saturated rings. The number of carbonyl (C=O) groups excluding carboxylic acids is 1. The topological polar surface area (TPSA) is 58.4 Å². The molecule has 4 heteroatoms. The van der Waals surface area contributed by atoms with Crippen molar-refractivity contribution in [2.75, 3.05) is 26.2 Å². The Morgan fingerprint density at radius 1 is 1.50 bits per heavy atom. The Kier molecular flexibility index (Phi) is 3.82. The summed E-state index contributed by atoms with van der Waals surface area (Å²) >= 11 is 0. The molecule has 1 saturated heterocycles. The third-order valence-electron chi connectivity index (χ3n) is 3.96. The van der Waals surface area contributed by atoms with Gasteiger partial charge in [-0.05, 0) is 32.2 Å². The Balaban J connectivity index is 1.95. The van der Waals surface area contributed by atoms with Crippen LogP contribution in [0.2, 0.25) is 0 Å². The number of carbonyl (C=O) groups is 1. The van der Waals surface area contributed by atoms with Gasteiger partial charge in [-0.3, -0.25) is 4.79 Å². The van der Waals surface area contributed by atoms with Crippen LogP contribution < -0.4 is 11.1 Å². The Hall–Kier alpha value is -0.610. The van der Waals surface area contributed by atoms with Crippen molar-refractivity contribution in [3.8, 4) is 0 Å². The summed E-state index contributed by atoms with van der Waals surface area (Å²) < 4.78 is 0. The molecule has 1 saturated carbocycles. The summed E-state index contributed by atoms with van der Waals surface area (Å²) in [6.45, 7) is 5.43. The fourth-order valence-electron chi connectivity index (χ4n) is 3.01. The van der Waals surface area contributed by atoms with Crippen LogP contribution in [0.15, 0.2) is 0 Å².